The number of rotatable bonds is 6. The minimum absolute atomic E-state index is 0.174. The Bertz CT molecular complexity index is 894. The van der Waals surface area contributed by atoms with Gasteiger partial charge in [-0.15, -0.1) is 0 Å². The minimum atomic E-state index is -0.975. The molecule has 0 aliphatic carbocycles. The molecule has 0 saturated heterocycles. The zero-order chi connectivity index (χ0) is 20.1. The molecule has 0 unspecified atom stereocenters. The van der Waals surface area contributed by atoms with Crippen LogP contribution in [0.1, 0.15) is 31.0 Å². The Morgan fingerprint density at radius 3 is 2.57 bits per heavy atom. The van der Waals surface area contributed by atoms with E-state index in [2.05, 4.69) is 5.32 Å². The van der Waals surface area contributed by atoms with Crippen molar-refractivity contribution in [2.24, 2.45) is 0 Å². The van der Waals surface area contributed by atoms with E-state index in [9.17, 15) is 14.0 Å². The summed E-state index contributed by atoms with van der Waals surface area (Å²) < 4.78 is 28.6. The normalized spacial score (nSPS) is 14.5. The van der Waals surface area contributed by atoms with Crippen LogP contribution >= 0.6 is 0 Å². The van der Waals surface area contributed by atoms with E-state index < -0.39 is 18.0 Å². The molecular formula is C21H20FNO5. The van der Waals surface area contributed by atoms with Crippen molar-refractivity contribution in [3.8, 4) is 11.5 Å². The number of halogens is 1. The third kappa shape index (κ3) is 4.88. The third-order valence-corrected chi connectivity index (χ3v) is 4.20. The van der Waals surface area contributed by atoms with Crippen molar-refractivity contribution in [3.05, 3.63) is 65.5 Å². The van der Waals surface area contributed by atoms with E-state index in [-0.39, 0.29) is 18.7 Å². The molecule has 1 aliphatic heterocycles. The van der Waals surface area contributed by atoms with Crippen LogP contribution in [0.2, 0.25) is 0 Å². The van der Waals surface area contributed by atoms with Crippen LogP contribution in [0.4, 0.5) is 4.39 Å². The molecule has 2 aromatic rings. The fourth-order valence-electron chi connectivity index (χ4n) is 2.61. The molecule has 2 atom stereocenters. The van der Waals surface area contributed by atoms with Crippen LogP contribution in [0.3, 0.4) is 0 Å². The maximum absolute atomic E-state index is 13.0. The highest BCUT2D eigenvalue weighted by Gasteiger charge is 2.19. The average Bonchev–Trinajstić information content (AvgIpc) is 3.14. The minimum Gasteiger partial charge on any atom is -0.454 e. The first kappa shape index (κ1) is 19.4. The average molecular weight is 385 g/mol. The number of hydrogen-bond donors (Lipinski definition) is 1. The summed E-state index contributed by atoms with van der Waals surface area (Å²) in [5.74, 6) is -0.173. The van der Waals surface area contributed by atoms with Gasteiger partial charge in [-0.1, -0.05) is 18.2 Å². The van der Waals surface area contributed by atoms with E-state index in [0.29, 0.717) is 11.5 Å². The van der Waals surface area contributed by atoms with Gasteiger partial charge in [-0.2, -0.15) is 0 Å². The Balaban J connectivity index is 1.51. The highest BCUT2D eigenvalue weighted by atomic mass is 19.1. The number of hydrogen-bond acceptors (Lipinski definition) is 5. The van der Waals surface area contributed by atoms with Gasteiger partial charge < -0.3 is 19.5 Å². The second kappa shape index (κ2) is 8.56. The molecular weight excluding hydrogens is 365 g/mol. The standard InChI is InChI=1S/C21H20FNO5/c1-13(16-5-7-17(22)8-6-16)23-21(25)14(2)28-20(24)10-4-15-3-9-18-19(11-15)27-12-26-18/h3-11,13-14H,12H2,1-2H3,(H,23,25)/b10-4+/t13-,14+/m1/s1. The molecule has 3 rings (SSSR count). The maximum Gasteiger partial charge on any atom is 0.331 e. The first-order valence-corrected chi connectivity index (χ1v) is 8.76. The van der Waals surface area contributed by atoms with Crippen molar-refractivity contribution in [2.45, 2.75) is 26.0 Å². The van der Waals surface area contributed by atoms with E-state index in [1.165, 1.54) is 25.1 Å². The molecule has 0 bridgehead atoms. The smallest absolute Gasteiger partial charge is 0.331 e. The highest BCUT2D eigenvalue weighted by Crippen LogP contribution is 2.32. The summed E-state index contributed by atoms with van der Waals surface area (Å²) in [4.78, 5) is 24.2. The summed E-state index contributed by atoms with van der Waals surface area (Å²) in [7, 11) is 0. The van der Waals surface area contributed by atoms with Crippen LogP contribution in [0.25, 0.3) is 6.08 Å². The molecule has 6 nitrogen and oxygen atoms in total. The zero-order valence-corrected chi connectivity index (χ0v) is 15.5. The molecule has 1 amide bonds. The molecule has 7 heteroatoms. The molecule has 0 saturated carbocycles. The van der Waals surface area contributed by atoms with Gasteiger partial charge in [0.05, 0.1) is 6.04 Å². The first-order valence-electron chi connectivity index (χ1n) is 8.76. The van der Waals surface area contributed by atoms with E-state index in [1.54, 1.807) is 43.3 Å². The SMILES string of the molecule is C[C@H](OC(=O)/C=C/c1ccc2c(c1)OCO2)C(=O)N[C@H](C)c1ccc(F)cc1. The molecule has 28 heavy (non-hydrogen) atoms. The summed E-state index contributed by atoms with van der Waals surface area (Å²) in [5.41, 5.74) is 1.49. The van der Waals surface area contributed by atoms with Crippen LogP contribution in [-0.2, 0) is 14.3 Å². The van der Waals surface area contributed by atoms with Crippen LogP contribution in [0.15, 0.2) is 48.5 Å². The van der Waals surface area contributed by atoms with Crippen molar-refractivity contribution < 1.29 is 28.2 Å². The summed E-state index contributed by atoms with van der Waals surface area (Å²) in [5, 5.41) is 2.73. The quantitative estimate of drug-likeness (QED) is 0.610. The van der Waals surface area contributed by atoms with Gasteiger partial charge in [0.15, 0.2) is 17.6 Å². The summed E-state index contributed by atoms with van der Waals surface area (Å²) in [6.45, 7) is 3.42. The number of ether oxygens (including phenoxy) is 3. The molecule has 0 radical (unpaired) electrons. The van der Waals surface area contributed by atoms with Gasteiger partial charge >= 0.3 is 5.97 Å². The lowest BCUT2D eigenvalue weighted by Gasteiger charge is -2.17. The van der Waals surface area contributed by atoms with E-state index in [4.69, 9.17) is 14.2 Å². The number of esters is 1. The van der Waals surface area contributed by atoms with E-state index in [1.807, 2.05) is 0 Å². The molecule has 1 aliphatic rings. The van der Waals surface area contributed by atoms with Crippen LogP contribution in [-0.4, -0.2) is 24.8 Å². The molecule has 1 heterocycles. The van der Waals surface area contributed by atoms with E-state index >= 15 is 0 Å². The van der Waals surface area contributed by atoms with Crippen LogP contribution in [0.5, 0.6) is 11.5 Å². The summed E-state index contributed by atoms with van der Waals surface area (Å²) in [6, 6.07) is 10.7. The zero-order valence-electron chi connectivity index (χ0n) is 15.5. The monoisotopic (exact) mass is 385 g/mol. The van der Waals surface area contributed by atoms with Crippen LogP contribution < -0.4 is 14.8 Å². The van der Waals surface area contributed by atoms with Gasteiger partial charge in [0.1, 0.15) is 5.82 Å². The van der Waals surface area contributed by atoms with Gasteiger partial charge in [0, 0.05) is 6.08 Å². The largest absolute Gasteiger partial charge is 0.454 e. The molecule has 0 aromatic heterocycles. The Morgan fingerprint density at radius 1 is 1.11 bits per heavy atom. The number of nitrogens with one attached hydrogen (secondary N) is 1. The predicted octanol–water partition coefficient (Wildman–Crippen LogP) is 3.38. The predicted molar refractivity (Wildman–Crippen MR) is 100 cm³/mol. The maximum atomic E-state index is 13.0. The number of benzene rings is 2. The number of fused-ring (bicyclic) bond motifs is 1. The Kier molecular flexibility index (Phi) is 5.93. The van der Waals surface area contributed by atoms with Gasteiger partial charge in [-0.3, -0.25) is 4.79 Å². The molecule has 0 spiro atoms. The molecule has 0 fully saturated rings. The van der Waals surface area contributed by atoms with Gasteiger partial charge in [-0.25, -0.2) is 9.18 Å². The number of carbonyl (C=O) groups is 2. The molecule has 2 aromatic carbocycles. The third-order valence-electron chi connectivity index (χ3n) is 4.20. The second-order valence-electron chi connectivity index (χ2n) is 6.31. The van der Waals surface area contributed by atoms with Gasteiger partial charge in [-0.05, 0) is 55.3 Å². The van der Waals surface area contributed by atoms with Gasteiger partial charge in [0.2, 0.25) is 6.79 Å². The first-order chi connectivity index (χ1) is 13.4. The number of carbonyl (C=O) groups excluding carboxylic acids is 2. The van der Waals surface area contributed by atoms with Crippen molar-refractivity contribution in [3.63, 3.8) is 0 Å². The van der Waals surface area contributed by atoms with Crippen molar-refractivity contribution in [2.75, 3.05) is 6.79 Å². The van der Waals surface area contributed by atoms with Crippen molar-refractivity contribution >= 4 is 18.0 Å². The highest BCUT2D eigenvalue weighted by molar-refractivity contribution is 5.90. The fourth-order valence-corrected chi connectivity index (χ4v) is 2.61. The lowest BCUT2D eigenvalue weighted by molar-refractivity contribution is -0.150. The van der Waals surface area contributed by atoms with E-state index in [0.717, 1.165) is 11.1 Å². The topological polar surface area (TPSA) is 73.9 Å². The van der Waals surface area contributed by atoms with Crippen LogP contribution in [0, 0.1) is 5.82 Å². The second-order valence-corrected chi connectivity index (χ2v) is 6.31. The summed E-state index contributed by atoms with van der Waals surface area (Å²) in [6.07, 6.45) is 1.83. The van der Waals surface area contributed by atoms with Crippen molar-refractivity contribution in [1.82, 2.24) is 5.32 Å². The molecule has 146 valence electrons. The Hall–Kier alpha value is -3.35. The Morgan fingerprint density at radius 2 is 1.82 bits per heavy atom. The van der Waals surface area contributed by atoms with Crippen molar-refractivity contribution in [1.29, 1.82) is 0 Å². The lowest BCUT2D eigenvalue weighted by Crippen LogP contribution is -2.37. The molecule has 1 N–H and O–H groups in total. The summed E-state index contributed by atoms with van der Waals surface area (Å²) >= 11 is 0. The fraction of sp³-hybridized carbons (Fsp3) is 0.238. The van der Waals surface area contributed by atoms with Gasteiger partial charge in [0.25, 0.3) is 5.91 Å². The lowest BCUT2D eigenvalue weighted by atomic mass is 10.1. The number of amides is 1. The Labute approximate surface area is 161 Å².